The van der Waals surface area contributed by atoms with E-state index in [1.807, 2.05) is 6.92 Å². The number of carbonyl (C=O) groups excluding carboxylic acids is 1. The van der Waals surface area contributed by atoms with Crippen LogP contribution in [0.2, 0.25) is 0 Å². The second kappa shape index (κ2) is 5.88. The van der Waals surface area contributed by atoms with Crippen molar-refractivity contribution in [3.8, 4) is 5.75 Å². The van der Waals surface area contributed by atoms with E-state index in [4.69, 9.17) is 4.74 Å². The summed E-state index contributed by atoms with van der Waals surface area (Å²) < 4.78 is 18.7. The zero-order chi connectivity index (χ0) is 15.7. The number of ether oxygens (including phenoxy) is 1. The molecule has 1 aromatic carbocycles. The predicted octanol–water partition coefficient (Wildman–Crippen LogP) is 2.40. The maximum atomic E-state index is 13.5. The molecule has 3 rings (SSSR count). The van der Waals surface area contributed by atoms with Gasteiger partial charge in [-0.3, -0.25) is 4.79 Å². The summed E-state index contributed by atoms with van der Waals surface area (Å²) in [4.78, 5) is 12.5. The van der Waals surface area contributed by atoms with Crippen molar-refractivity contribution in [3.05, 3.63) is 29.6 Å². The molecule has 2 fully saturated rings. The Kier molecular flexibility index (Phi) is 4.08. The first-order valence-electron chi connectivity index (χ1n) is 7.90. The average molecular weight is 306 g/mol. The molecule has 1 amide bonds. The second-order valence-electron chi connectivity index (χ2n) is 6.49. The fraction of sp³-hybridized carbons (Fsp3) is 0.588. The first-order chi connectivity index (χ1) is 10.6. The van der Waals surface area contributed by atoms with Crippen molar-refractivity contribution in [2.75, 3.05) is 20.2 Å². The molecule has 22 heavy (non-hydrogen) atoms. The van der Waals surface area contributed by atoms with E-state index in [1.54, 1.807) is 13.2 Å². The van der Waals surface area contributed by atoms with Crippen LogP contribution < -0.4 is 15.4 Å². The minimum Gasteiger partial charge on any atom is -0.496 e. The largest absolute Gasteiger partial charge is 0.496 e. The second-order valence-corrected chi connectivity index (χ2v) is 6.49. The van der Waals surface area contributed by atoms with Crippen LogP contribution in [0.4, 0.5) is 4.39 Å². The Hall–Kier alpha value is -1.62. The number of carbonyl (C=O) groups is 1. The van der Waals surface area contributed by atoms with Gasteiger partial charge in [0.2, 0.25) is 5.91 Å². The van der Waals surface area contributed by atoms with Gasteiger partial charge < -0.3 is 15.4 Å². The van der Waals surface area contributed by atoms with Crippen LogP contribution in [0.15, 0.2) is 18.2 Å². The molecule has 0 aromatic heterocycles. The van der Waals surface area contributed by atoms with Crippen LogP contribution in [-0.2, 0) is 4.79 Å². The smallest absolute Gasteiger partial charge is 0.224 e. The van der Waals surface area contributed by atoms with Gasteiger partial charge in [0.25, 0.3) is 0 Å². The van der Waals surface area contributed by atoms with Crippen molar-refractivity contribution >= 4 is 5.91 Å². The number of rotatable bonds is 4. The summed E-state index contributed by atoms with van der Waals surface area (Å²) in [6.45, 7) is 3.86. The number of hydrogen-bond acceptors (Lipinski definition) is 3. The zero-order valence-electron chi connectivity index (χ0n) is 13.1. The molecule has 2 atom stereocenters. The van der Waals surface area contributed by atoms with Crippen molar-refractivity contribution in [1.29, 1.82) is 0 Å². The van der Waals surface area contributed by atoms with Gasteiger partial charge in [0.15, 0.2) is 0 Å². The molecular formula is C17H23FN2O2. The number of piperidine rings is 1. The van der Waals surface area contributed by atoms with Gasteiger partial charge >= 0.3 is 0 Å². The summed E-state index contributed by atoms with van der Waals surface area (Å²) in [5.74, 6) is 0.469. The van der Waals surface area contributed by atoms with E-state index in [-0.39, 0.29) is 29.1 Å². The van der Waals surface area contributed by atoms with E-state index in [2.05, 4.69) is 10.6 Å². The summed E-state index contributed by atoms with van der Waals surface area (Å²) in [6.07, 6.45) is 3.12. The number of hydrogen-bond donors (Lipinski definition) is 2. The third-order valence-electron chi connectivity index (χ3n) is 5.12. The van der Waals surface area contributed by atoms with Crippen molar-refractivity contribution in [2.45, 2.75) is 32.2 Å². The zero-order valence-corrected chi connectivity index (χ0v) is 13.1. The van der Waals surface area contributed by atoms with E-state index in [9.17, 15) is 9.18 Å². The lowest BCUT2D eigenvalue weighted by Crippen LogP contribution is -2.34. The average Bonchev–Trinajstić information content (AvgIpc) is 3.21. The summed E-state index contributed by atoms with van der Waals surface area (Å²) in [5.41, 5.74) is 0.886. The van der Waals surface area contributed by atoms with Gasteiger partial charge in [0, 0.05) is 11.5 Å². The highest BCUT2D eigenvalue weighted by Crippen LogP contribution is 2.58. The maximum Gasteiger partial charge on any atom is 0.224 e. The van der Waals surface area contributed by atoms with Crippen LogP contribution in [-0.4, -0.2) is 26.1 Å². The lowest BCUT2D eigenvalue weighted by atomic mass is 9.91. The van der Waals surface area contributed by atoms with Crippen molar-refractivity contribution in [2.24, 2.45) is 11.3 Å². The molecule has 1 aliphatic carbocycles. The van der Waals surface area contributed by atoms with E-state index >= 15 is 0 Å². The molecule has 2 aliphatic rings. The molecule has 1 aliphatic heterocycles. The fourth-order valence-corrected chi connectivity index (χ4v) is 3.63. The van der Waals surface area contributed by atoms with Crippen LogP contribution in [0.5, 0.6) is 5.75 Å². The van der Waals surface area contributed by atoms with Crippen LogP contribution in [0.3, 0.4) is 0 Å². The Bertz CT molecular complexity index is 570. The topological polar surface area (TPSA) is 50.4 Å². The maximum absolute atomic E-state index is 13.5. The van der Waals surface area contributed by atoms with Crippen LogP contribution in [0.1, 0.15) is 37.8 Å². The van der Waals surface area contributed by atoms with Gasteiger partial charge in [0.1, 0.15) is 11.6 Å². The van der Waals surface area contributed by atoms with Crippen molar-refractivity contribution < 1.29 is 13.9 Å². The monoisotopic (exact) mass is 306 g/mol. The third kappa shape index (κ3) is 2.82. The van der Waals surface area contributed by atoms with Crippen molar-refractivity contribution in [1.82, 2.24) is 10.6 Å². The standard InChI is InChI=1S/C17H23FN2O2/c1-11(13-9-12(18)3-4-15(13)22-2)20-16(21)14-10-17(14)5-7-19-8-6-17/h3-4,9,11,14,19H,5-8,10H2,1-2H3,(H,20,21). The molecule has 4 nitrogen and oxygen atoms in total. The lowest BCUT2D eigenvalue weighted by molar-refractivity contribution is -0.123. The van der Waals surface area contributed by atoms with Crippen LogP contribution >= 0.6 is 0 Å². The van der Waals surface area contributed by atoms with Gasteiger partial charge in [-0.25, -0.2) is 4.39 Å². The summed E-state index contributed by atoms with van der Waals surface area (Å²) in [6, 6.07) is 4.12. The Labute approximate surface area is 130 Å². The van der Waals surface area contributed by atoms with E-state index < -0.39 is 0 Å². The van der Waals surface area contributed by atoms with Gasteiger partial charge in [0.05, 0.1) is 13.2 Å². The molecule has 5 heteroatoms. The Balaban J connectivity index is 1.66. The first kappa shape index (κ1) is 15.3. The molecule has 1 heterocycles. The van der Waals surface area contributed by atoms with Crippen molar-refractivity contribution in [3.63, 3.8) is 0 Å². The highest BCUT2D eigenvalue weighted by atomic mass is 19.1. The molecular weight excluding hydrogens is 283 g/mol. The highest BCUT2D eigenvalue weighted by Gasteiger charge is 2.57. The number of nitrogens with one attached hydrogen (secondary N) is 2. The Morgan fingerprint density at radius 3 is 2.86 bits per heavy atom. The minimum atomic E-state index is -0.321. The molecule has 1 spiro atoms. The molecule has 120 valence electrons. The third-order valence-corrected chi connectivity index (χ3v) is 5.12. The molecule has 0 radical (unpaired) electrons. The van der Waals surface area contributed by atoms with E-state index in [0.29, 0.717) is 11.3 Å². The number of benzene rings is 1. The predicted molar refractivity (Wildman–Crippen MR) is 82.2 cm³/mol. The van der Waals surface area contributed by atoms with E-state index in [0.717, 1.165) is 32.4 Å². The molecule has 2 N–H and O–H groups in total. The molecule has 2 unspecified atom stereocenters. The number of methoxy groups -OCH3 is 1. The SMILES string of the molecule is COc1ccc(F)cc1C(C)NC(=O)C1CC12CCNCC2. The molecule has 1 saturated carbocycles. The van der Waals surface area contributed by atoms with Crippen LogP contribution in [0, 0.1) is 17.2 Å². The van der Waals surface area contributed by atoms with Gasteiger partial charge in [-0.05, 0) is 62.9 Å². The van der Waals surface area contributed by atoms with Gasteiger partial charge in [-0.15, -0.1) is 0 Å². The fourth-order valence-electron chi connectivity index (χ4n) is 3.63. The van der Waals surface area contributed by atoms with Gasteiger partial charge in [-0.2, -0.15) is 0 Å². The van der Waals surface area contributed by atoms with Crippen LogP contribution in [0.25, 0.3) is 0 Å². The van der Waals surface area contributed by atoms with Gasteiger partial charge in [-0.1, -0.05) is 0 Å². The van der Waals surface area contributed by atoms with E-state index in [1.165, 1.54) is 12.1 Å². The summed E-state index contributed by atoms with van der Waals surface area (Å²) in [7, 11) is 1.55. The number of amides is 1. The Morgan fingerprint density at radius 2 is 2.18 bits per heavy atom. The normalized spacial score (nSPS) is 23.9. The quantitative estimate of drug-likeness (QED) is 0.898. The lowest BCUT2D eigenvalue weighted by Gasteiger charge is -2.24. The highest BCUT2D eigenvalue weighted by molar-refractivity contribution is 5.83. The summed E-state index contributed by atoms with van der Waals surface area (Å²) >= 11 is 0. The number of halogens is 1. The first-order valence-corrected chi connectivity index (χ1v) is 7.90. The molecule has 0 bridgehead atoms. The molecule has 1 saturated heterocycles. The minimum absolute atomic E-state index is 0.0840. The Morgan fingerprint density at radius 1 is 1.45 bits per heavy atom. The molecule has 1 aromatic rings. The summed E-state index contributed by atoms with van der Waals surface area (Å²) in [5, 5.41) is 6.36.